The summed E-state index contributed by atoms with van der Waals surface area (Å²) in [7, 11) is 0. The van der Waals surface area contributed by atoms with Gasteiger partial charge in [-0.05, 0) is 0 Å². The van der Waals surface area contributed by atoms with Gasteiger partial charge in [-0.2, -0.15) is 0 Å². The van der Waals surface area contributed by atoms with Crippen molar-refractivity contribution in [3.05, 3.63) is 0 Å². The molecule has 2 unspecified atom stereocenters. The molecule has 0 aromatic carbocycles. The highest BCUT2D eigenvalue weighted by atomic mass is 16.7. The van der Waals surface area contributed by atoms with Crippen LogP contribution in [-0.4, -0.2) is 115 Å². The number of carboxylic acids is 1. The van der Waals surface area contributed by atoms with Crippen LogP contribution in [-0.2, 0) is 19.0 Å². The fraction of sp³-hybridized carbons (Fsp3) is 0.917. The number of hydrogen-bond donors (Lipinski definition) is 8. The van der Waals surface area contributed by atoms with E-state index in [0.29, 0.717) is 0 Å². The van der Waals surface area contributed by atoms with Crippen LogP contribution >= 0.6 is 0 Å². The predicted molar refractivity (Wildman–Crippen MR) is 69.2 cm³/mol. The summed E-state index contributed by atoms with van der Waals surface area (Å²) in [6, 6.07) is 0. The molecular formula is C12H20O12. The monoisotopic (exact) mass is 356 g/mol. The van der Waals surface area contributed by atoms with Gasteiger partial charge in [0.05, 0.1) is 6.61 Å². The molecule has 2 heterocycles. The lowest BCUT2D eigenvalue weighted by Crippen LogP contribution is -2.64. The van der Waals surface area contributed by atoms with E-state index in [1.165, 1.54) is 0 Å². The Bertz CT molecular complexity index is 444. The molecule has 0 saturated carbocycles. The molecule has 2 saturated heterocycles. The zero-order valence-electron chi connectivity index (χ0n) is 12.2. The summed E-state index contributed by atoms with van der Waals surface area (Å²) in [5.74, 6) is -1.63. The van der Waals surface area contributed by atoms with Crippen molar-refractivity contribution in [3.8, 4) is 0 Å². The van der Waals surface area contributed by atoms with Crippen LogP contribution in [0.3, 0.4) is 0 Å². The van der Waals surface area contributed by atoms with Gasteiger partial charge in [-0.1, -0.05) is 0 Å². The molecule has 2 aliphatic rings. The summed E-state index contributed by atoms with van der Waals surface area (Å²) in [5.41, 5.74) is 0. The fourth-order valence-corrected chi connectivity index (χ4v) is 2.55. The third-order valence-electron chi connectivity index (χ3n) is 3.94. The first-order chi connectivity index (χ1) is 11.2. The lowest BCUT2D eigenvalue weighted by molar-refractivity contribution is -0.351. The molecule has 0 bridgehead atoms. The Morgan fingerprint density at radius 1 is 0.875 bits per heavy atom. The third kappa shape index (κ3) is 3.52. The normalized spacial score (nSPS) is 49.8. The highest BCUT2D eigenvalue weighted by Crippen LogP contribution is 2.28. The van der Waals surface area contributed by atoms with E-state index in [2.05, 4.69) is 0 Å². The lowest BCUT2D eigenvalue weighted by Gasteiger charge is -2.44. The van der Waals surface area contributed by atoms with Gasteiger partial charge in [0.2, 0.25) is 0 Å². The number of rotatable bonds is 4. The van der Waals surface area contributed by atoms with Gasteiger partial charge in [0.1, 0.15) is 42.7 Å². The van der Waals surface area contributed by atoms with Crippen molar-refractivity contribution in [2.45, 2.75) is 61.4 Å². The van der Waals surface area contributed by atoms with Crippen molar-refractivity contribution in [2.24, 2.45) is 0 Å². The number of aliphatic carboxylic acids is 1. The molecule has 140 valence electrons. The highest BCUT2D eigenvalue weighted by molar-refractivity contribution is 5.73. The number of aliphatic hydroxyl groups excluding tert-OH is 7. The van der Waals surface area contributed by atoms with Crippen LogP contribution in [0.15, 0.2) is 0 Å². The minimum atomic E-state index is -1.93. The number of aliphatic hydroxyl groups is 7. The first kappa shape index (κ1) is 19.4. The van der Waals surface area contributed by atoms with Crippen molar-refractivity contribution in [3.63, 3.8) is 0 Å². The Morgan fingerprint density at radius 3 is 2.04 bits per heavy atom. The van der Waals surface area contributed by atoms with Crippen LogP contribution in [0.25, 0.3) is 0 Å². The molecule has 10 atom stereocenters. The largest absolute Gasteiger partial charge is 0.479 e. The quantitative estimate of drug-likeness (QED) is 0.238. The molecule has 24 heavy (non-hydrogen) atoms. The van der Waals surface area contributed by atoms with Gasteiger partial charge in [-0.25, -0.2) is 4.79 Å². The van der Waals surface area contributed by atoms with Crippen LogP contribution in [0, 0.1) is 0 Å². The van der Waals surface area contributed by atoms with E-state index in [1.54, 1.807) is 0 Å². The first-order valence-electron chi connectivity index (χ1n) is 7.07. The zero-order chi connectivity index (χ0) is 18.2. The molecule has 2 rings (SSSR count). The molecule has 12 nitrogen and oxygen atoms in total. The number of carbonyl (C=O) groups is 1. The second kappa shape index (κ2) is 7.53. The maximum absolute atomic E-state index is 11.0. The maximum atomic E-state index is 11.0. The van der Waals surface area contributed by atoms with Crippen LogP contribution in [0.4, 0.5) is 0 Å². The fourth-order valence-electron chi connectivity index (χ4n) is 2.55. The Kier molecular flexibility index (Phi) is 6.09. The van der Waals surface area contributed by atoms with Crippen molar-refractivity contribution < 1.29 is 59.9 Å². The summed E-state index contributed by atoms with van der Waals surface area (Å²) in [6.45, 7) is -0.748. The molecule has 2 fully saturated rings. The van der Waals surface area contributed by atoms with Gasteiger partial charge in [0, 0.05) is 0 Å². The maximum Gasteiger partial charge on any atom is 0.335 e. The van der Waals surface area contributed by atoms with Gasteiger partial charge in [0.15, 0.2) is 18.7 Å². The lowest BCUT2D eigenvalue weighted by atomic mass is 9.97. The SMILES string of the molecule is O=C(O)[C@H]1OC(O[C@@H]2[C@H](O)[C@@H](O)C(O)O[C@@H]2CO)[C@H](O)[C@@H](O)[C@@H]1O. The minimum Gasteiger partial charge on any atom is -0.479 e. The molecule has 0 amide bonds. The van der Waals surface area contributed by atoms with E-state index in [4.69, 9.17) is 19.3 Å². The molecular weight excluding hydrogens is 336 g/mol. The van der Waals surface area contributed by atoms with Gasteiger partial charge in [0.25, 0.3) is 0 Å². The van der Waals surface area contributed by atoms with Gasteiger partial charge >= 0.3 is 5.97 Å². The van der Waals surface area contributed by atoms with Crippen molar-refractivity contribution in [1.29, 1.82) is 0 Å². The number of hydrogen-bond acceptors (Lipinski definition) is 11. The van der Waals surface area contributed by atoms with E-state index in [1.807, 2.05) is 0 Å². The molecule has 0 aliphatic carbocycles. The molecule has 0 radical (unpaired) electrons. The van der Waals surface area contributed by atoms with Crippen molar-refractivity contribution >= 4 is 5.97 Å². The molecule has 0 aromatic rings. The summed E-state index contributed by atoms with van der Waals surface area (Å²) in [5, 5.41) is 76.2. The third-order valence-corrected chi connectivity index (χ3v) is 3.94. The molecule has 12 heteroatoms. The smallest absolute Gasteiger partial charge is 0.335 e. The first-order valence-corrected chi connectivity index (χ1v) is 7.07. The standard InChI is InChI=1S/C12H20O12/c13-1-2-8(5(16)6(17)11(21)22-2)23-12-7(18)3(14)4(15)9(24-12)10(19)20/h2-9,11-18,21H,1H2,(H,19,20)/t2-,3+,4+,5-,6-,7-,8+,9+,11?,12?/m1/s1. The van der Waals surface area contributed by atoms with Crippen LogP contribution in [0.2, 0.25) is 0 Å². The summed E-state index contributed by atoms with van der Waals surface area (Å²) < 4.78 is 14.9. The van der Waals surface area contributed by atoms with Gasteiger partial charge in [-0.3, -0.25) is 0 Å². The van der Waals surface area contributed by atoms with E-state index >= 15 is 0 Å². The van der Waals surface area contributed by atoms with Gasteiger partial charge < -0.3 is 55.1 Å². The number of ether oxygens (including phenoxy) is 3. The van der Waals surface area contributed by atoms with E-state index in [9.17, 15) is 40.5 Å². The van der Waals surface area contributed by atoms with E-state index in [0.717, 1.165) is 0 Å². The van der Waals surface area contributed by atoms with E-state index in [-0.39, 0.29) is 0 Å². The average molecular weight is 356 g/mol. The molecule has 0 spiro atoms. The van der Waals surface area contributed by atoms with Crippen molar-refractivity contribution in [2.75, 3.05) is 6.61 Å². The summed E-state index contributed by atoms with van der Waals surface area (Å²) in [6.07, 6.45) is -17.7. The summed E-state index contributed by atoms with van der Waals surface area (Å²) in [4.78, 5) is 11.0. The second-order valence-electron chi connectivity index (χ2n) is 5.56. The van der Waals surface area contributed by atoms with Crippen LogP contribution in [0.5, 0.6) is 0 Å². The average Bonchev–Trinajstić information content (AvgIpc) is 2.54. The topological polar surface area (TPSA) is 207 Å². The van der Waals surface area contributed by atoms with E-state index < -0.39 is 74.0 Å². The minimum absolute atomic E-state index is 0.748. The zero-order valence-corrected chi connectivity index (χ0v) is 12.2. The molecule has 0 aromatic heterocycles. The predicted octanol–water partition coefficient (Wildman–Crippen LogP) is -5.30. The summed E-state index contributed by atoms with van der Waals surface area (Å²) >= 11 is 0. The highest BCUT2D eigenvalue weighted by Gasteiger charge is 2.51. The van der Waals surface area contributed by atoms with Crippen LogP contribution in [0.1, 0.15) is 0 Å². The Labute approximate surface area is 135 Å². The second-order valence-corrected chi connectivity index (χ2v) is 5.56. The van der Waals surface area contributed by atoms with Crippen molar-refractivity contribution in [1.82, 2.24) is 0 Å². The Balaban J connectivity index is 2.16. The van der Waals surface area contributed by atoms with Crippen LogP contribution < -0.4 is 0 Å². The van der Waals surface area contributed by atoms with Gasteiger partial charge in [-0.15, -0.1) is 0 Å². The Hall–Kier alpha value is -0.930. The molecule has 8 N–H and O–H groups in total. The molecule has 2 aliphatic heterocycles. The number of carboxylic acid groups (broad SMARTS) is 1. The Morgan fingerprint density at radius 2 is 1.50 bits per heavy atom.